The van der Waals surface area contributed by atoms with Gasteiger partial charge in [0, 0.05) is 43.9 Å². The van der Waals surface area contributed by atoms with Gasteiger partial charge in [0.25, 0.3) is 0 Å². The molecule has 0 saturated carbocycles. The smallest absolute Gasteiger partial charge is 0.431 e. The molecule has 2 heterocycles. The minimum atomic E-state index is -1.83. The van der Waals surface area contributed by atoms with E-state index in [4.69, 9.17) is 26.8 Å². The summed E-state index contributed by atoms with van der Waals surface area (Å²) in [5.74, 6) is -12.7. The van der Waals surface area contributed by atoms with Crippen molar-refractivity contribution in [3.05, 3.63) is 29.8 Å². The molecule has 89 heavy (non-hydrogen) atoms. The van der Waals surface area contributed by atoms with Gasteiger partial charge >= 0.3 is 6.09 Å². The van der Waals surface area contributed by atoms with Gasteiger partial charge in [0.2, 0.25) is 76.8 Å². The van der Waals surface area contributed by atoms with Gasteiger partial charge in [0.05, 0.1) is 13.0 Å². The predicted octanol–water partition coefficient (Wildman–Crippen LogP) is -2.32. The number of carbonyl (C=O) groups excluding carboxylic acids is 14. The number of benzene rings is 1. The number of hydroxylamine groups is 1. The fraction of sp³-hybridized carbons (Fsp3) is 0.643. The van der Waals surface area contributed by atoms with Gasteiger partial charge in [0.1, 0.15) is 59.7 Å². The highest BCUT2D eigenvalue weighted by molar-refractivity contribution is 8.76. The fourth-order valence-corrected chi connectivity index (χ4v) is 11.3. The molecule has 14 amide bonds. The van der Waals surface area contributed by atoms with Gasteiger partial charge in [-0.1, -0.05) is 74.3 Å². The van der Waals surface area contributed by atoms with E-state index in [2.05, 4.69) is 47.9 Å². The fourth-order valence-electron chi connectivity index (χ4n) is 9.03. The Morgan fingerprint density at radius 1 is 0.742 bits per heavy atom. The number of nitrogens with zero attached hydrogens (tertiary/aromatic N) is 1. The lowest BCUT2D eigenvalue weighted by Crippen LogP contribution is -2.62. The number of hydrogen-bond acceptors (Lipinski definition) is 19. The standard InChI is InChI=1S/C56H88N14O17S2/c1-8-31(4)46-53(83)63-34(19-20-41(57)72)48(78)65-37(25-42(58)73)49(79)67-39(54(84)70-22-12-13-40(70)52(82)66-35(23-30(2)3)47(77)61-26-43(59)74)29-89-88-28-38(51(81)64-36(50(80)68-46)24-32-15-17-33(71)18-16-32)62-44(75)14-10-9-11-21-60-45(76)27-86-69-55(85)87-56(5,6)7/h15-18,30-31,34-40,46,71H,8-14,19-29H2,1-7H3,(H2,57,72)(H2,58,73)(H2,59,74)(H,60,76)(H,61,77)(H,62,75)(H,63,83)(H,64,81)(H,65,78)(H,66,82)(H,67,79)(H,68,80)(H,69,85)/t31?,34-,35-,36-,37-,38-,39-,40-,46-/m0/s1. The van der Waals surface area contributed by atoms with E-state index in [-0.39, 0.29) is 81.2 Å². The van der Waals surface area contributed by atoms with Crippen molar-refractivity contribution in [2.24, 2.45) is 29.0 Å². The zero-order chi connectivity index (χ0) is 66.5. The third kappa shape index (κ3) is 28.4. The van der Waals surface area contributed by atoms with Crippen molar-refractivity contribution in [2.45, 2.75) is 179 Å². The molecule has 2 fully saturated rings. The quantitative estimate of drug-likeness (QED) is 0.0250. The zero-order valence-corrected chi connectivity index (χ0v) is 52.9. The second-order valence-corrected chi connectivity index (χ2v) is 25.5. The Hall–Kier alpha value is -7.94. The Morgan fingerprint density at radius 2 is 1.38 bits per heavy atom. The van der Waals surface area contributed by atoms with Crippen LogP contribution in [-0.2, 0) is 78.3 Å². The lowest BCUT2D eigenvalue weighted by Gasteiger charge is -2.31. The van der Waals surface area contributed by atoms with Crippen LogP contribution in [0.15, 0.2) is 24.3 Å². The van der Waals surface area contributed by atoms with Crippen LogP contribution in [0.5, 0.6) is 5.75 Å². The summed E-state index contributed by atoms with van der Waals surface area (Å²) < 4.78 is 5.05. The van der Waals surface area contributed by atoms with E-state index in [9.17, 15) is 72.2 Å². The molecular formula is C56H88N14O17S2. The van der Waals surface area contributed by atoms with Gasteiger partial charge in [-0.2, -0.15) is 5.48 Å². The number of rotatable bonds is 27. The molecule has 17 N–H and O–H groups in total. The highest BCUT2D eigenvalue weighted by Gasteiger charge is 2.41. The first-order valence-corrected chi connectivity index (χ1v) is 31.8. The summed E-state index contributed by atoms with van der Waals surface area (Å²) in [5.41, 5.74) is 17.9. The number of phenolic OH excluding ortho intramolecular Hbond substituents is 1. The average Bonchev–Trinajstić information content (AvgIpc) is 3.09. The van der Waals surface area contributed by atoms with E-state index < -0.39 is 175 Å². The van der Waals surface area contributed by atoms with Crippen molar-refractivity contribution in [3.8, 4) is 5.75 Å². The summed E-state index contributed by atoms with van der Waals surface area (Å²) in [6, 6.07) is -6.04. The first kappa shape index (κ1) is 75.3. The van der Waals surface area contributed by atoms with Gasteiger partial charge in [0.15, 0.2) is 6.61 Å². The number of likely N-dealkylation sites (tertiary alicyclic amines) is 1. The minimum absolute atomic E-state index is 0.0178. The molecule has 2 aliphatic rings. The molecule has 1 aromatic rings. The van der Waals surface area contributed by atoms with Crippen molar-refractivity contribution in [1.82, 2.24) is 58.2 Å². The van der Waals surface area contributed by atoms with Crippen molar-refractivity contribution in [3.63, 3.8) is 0 Å². The van der Waals surface area contributed by atoms with Crippen LogP contribution in [0.2, 0.25) is 0 Å². The van der Waals surface area contributed by atoms with E-state index in [1.54, 1.807) is 48.5 Å². The molecule has 496 valence electrons. The number of aromatic hydroxyl groups is 1. The molecule has 9 atom stereocenters. The van der Waals surface area contributed by atoms with Crippen molar-refractivity contribution >= 4 is 104 Å². The SMILES string of the molecule is CCC(C)[C@@H]1NC(=O)[C@H](Cc2ccc(O)cc2)NC(=O)[C@@H](NC(=O)CCCCCNC(=O)CONC(=O)OC(C)(C)C)CSSC[C@@H](C(=O)N2CCC[C@H]2C(=O)N[C@@H](CC(C)C)C(=O)NCC(N)=O)NC(=O)[C@H](CC(N)=O)NC(=O)[C@H](CCC(N)=O)NC1=O. The van der Waals surface area contributed by atoms with Gasteiger partial charge in [-0.25, -0.2) is 4.79 Å². The molecule has 0 bridgehead atoms. The molecular weight excluding hydrogens is 1200 g/mol. The molecule has 1 aromatic carbocycles. The summed E-state index contributed by atoms with van der Waals surface area (Å²) in [6.45, 7) is 11.0. The van der Waals surface area contributed by atoms with Crippen molar-refractivity contribution in [1.29, 1.82) is 0 Å². The number of primary amides is 3. The molecule has 0 aromatic heterocycles. The second-order valence-electron chi connectivity index (χ2n) is 23.0. The van der Waals surface area contributed by atoms with E-state index >= 15 is 0 Å². The van der Waals surface area contributed by atoms with Crippen LogP contribution in [0.25, 0.3) is 0 Å². The second kappa shape index (κ2) is 37.8. The first-order valence-electron chi connectivity index (χ1n) is 29.3. The van der Waals surface area contributed by atoms with E-state index in [1.807, 2.05) is 5.48 Å². The third-order valence-electron chi connectivity index (χ3n) is 13.7. The molecule has 0 spiro atoms. The maximum absolute atomic E-state index is 14.9. The Labute approximate surface area is 524 Å². The largest absolute Gasteiger partial charge is 0.508 e. The maximum atomic E-state index is 14.9. The van der Waals surface area contributed by atoms with Gasteiger partial charge < -0.3 is 79.8 Å². The van der Waals surface area contributed by atoms with Crippen LogP contribution in [-0.4, -0.2) is 185 Å². The molecule has 33 heteroatoms. The summed E-state index contributed by atoms with van der Waals surface area (Å²) in [6.07, 6.45) is -1.09. The number of hydrogen-bond donors (Lipinski definition) is 14. The number of nitrogens with two attached hydrogens (primary N) is 3. The number of nitrogens with one attached hydrogen (secondary N) is 10. The zero-order valence-electron chi connectivity index (χ0n) is 51.3. The molecule has 3 rings (SSSR count). The highest BCUT2D eigenvalue weighted by Crippen LogP contribution is 2.27. The number of ether oxygens (including phenoxy) is 1. The van der Waals surface area contributed by atoms with Gasteiger partial charge in [-0.15, -0.1) is 0 Å². The summed E-state index contributed by atoms with van der Waals surface area (Å²) in [7, 11) is 1.89. The summed E-state index contributed by atoms with van der Waals surface area (Å²) >= 11 is 0. The van der Waals surface area contributed by atoms with E-state index in [0.717, 1.165) is 21.6 Å². The van der Waals surface area contributed by atoms with Crippen molar-refractivity contribution < 1.29 is 81.8 Å². The molecule has 0 radical (unpaired) electrons. The summed E-state index contributed by atoms with van der Waals surface area (Å²) in [4.78, 5) is 194. The van der Waals surface area contributed by atoms with Crippen molar-refractivity contribution in [2.75, 3.05) is 37.7 Å². The van der Waals surface area contributed by atoms with Gasteiger partial charge in [-0.3, -0.25) is 67.2 Å². The monoisotopic (exact) mass is 1290 g/mol. The first-order chi connectivity index (χ1) is 41.9. The van der Waals surface area contributed by atoms with Crippen LogP contribution in [0.3, 0.4) is 0 Å². The maximum Gasteiger partial charge on any atom is 0.431 e. The molecule has 2 saturated heterocycles. The average molecular weight is 1290 g/mol. The Morgan fingerprint density at radius 3 is 2.01 bits per heavy atom. The van der Waals surface area contributed by atoms with E-state index in [1.165, 1.54) is 29.2 Å². The van der Waals surface area contributed by atoms with Crippen LogP contribution in [0, 0.1) is 11.8 Å². The molecule has 2 aliphatic heterocycles. The number of phenols is 1. The molecule has 0 aliphatic carbocycles. The predicted molar refractivity (Wildman–Crippen MR) is 325 cm³/mol. The Kier molecular flexibility index (Phi) is 32.0. The normalized spacial score (nSPS) is 21.4. The van der Waals surface area contributed by atoms with Crippen LogP contribution in [0.1, 0.15) is 125 Å². The summed E-state index contributed by atoms with van der Waals surface area (Å²) in [5, 5.41) is 33.3. The van der Waals surface area contributed by atoms with Crippen LogP contribution in [0.4, 0.5) is 4.79 Å². The molecule has 31 nitrogen and oxygen atoms in total. The van der Waals surface area contributed by atoms with E-state index in [0.29, 0.717) is 18.4 Å². The number of amides is 14. The Balaban J connectivity index is 2.07. The lowest BCUT2D eigenvalue weighted by atomic mass is 9.96. The number of carbonyl (C=O) groups is 14. The minimum Gasteiger partial charge on any atom is -0.508 e. The topological polar surface area (TPSA) is 479 Å². The highest BCUT2D eigenvalue weighted by atomic mass is 33.1. The van der Waals surface area contributed by atoms with Gasteiger partial charge in [-0.05, 0) is 88.8 Å². The third-order valence-corrected chi connectivity index (χ3v) is 16.2. The Bertz CT molecular complexity index is 2660. The molecule has 1 unspecified atom stereocenters. The van der Waals surface area contributed by atoms with Crippen LogP contribution >= 0.6 is 21.6 Å². The lowest BCUT2D eigenvalue weighted by molar-refractivity contribution is -0.142. The van der Waals surface area contributed by atoms with Crippen LogP contribution < -0.4 is 70.5 Å². The number of unbranched alkanes of at least 4 members (excludes halogenated alkanes) is 2.